The smallest absolute Gasteiger partial charge is 0.127 e. The van der Waals surface area contributed by atoms with Crippen LogP contribution in [0.25, 0.3) is 10.2 Å². The van der Waals surface area contributed by atoms with Crippen LogP contribution < -0.4 is 0 Å². The molecule has 0 saturated heterocycles. The zero-order valence-electron chi connectivity index (χ0n) is 12.2. The zero-order chi connectivity index (χ0) is 14.9. The Morgan fingerprint density at radius 3 is 2.59 bits per heavy atom. The standard InChI is InChI=1S/C18H17FN2S/c19-15-6-2-1-5-13(15)11-21(14-9-10-14)12-18-20-16-7-3-4-8-17(16)22-18/h1-8,14H,9-12H2. The molecule has 22 heavy (non-hydrogen) atoms. The highest BCUT2D eigenvalue weighted by Crippen LogP contribution is 2.32. The third-order valence-corrected chi connectivity index (χ3v) is 5.09. The molecule has 1 fully saturated rings. The van der Waals surface area contributed by atoms with Crippen LogP contribution >= 0.6 is 11.3 Å². The predicted molar refractivity (Wildman–Crippen MR) is 88.3 cm³/mol. The van der Waals surface area contributed by atoms with Gasteiger partial charge in [-0.2, -0.15) is 0 Å². The van der Waals surface area contributed by atoms with Gasteiger partial charge in [0.25, 0.3) is 0 Å². The maximum atomic E-state index is 13.9. The summed E-state index contributed by atoms with van der Waals surface area (Å²) in [5, 5.41) is 1.12. The molecule has 0 bridgehead atoms. The average Bonchev–Trinajstić information content (AvgIpc) is 3.29. The first kappa shape index (κ1) is 13.9. The number of para-hydroxylation sites is 1. The summed E-state index contributed by atoms with van der Waals surface area (Å²) in [7, 11) is 0. The summed E-state index contributed by atoms with van der Waals surface area (Å²) in [6, 6.07) is 15.9. The molecule has 1 aromatic heterocycles. The van der Waals surface area contributed by atoms with E-state index in [0.717, 1.165) is 22.6 Å². The Morgan fingerprint density at radius 2 is 1.82 bits per heavy atom. The van der Waals surface area contributed by atoms with Crippen LogP contribution in [0, 0.1) is 5.82 Å². The van der Waals surface area contributed by atoms with Crippen molar-refractivity contribution in [1.29, 1.82) is 0 Å². The number of hydrogen-bond acceptors (Lipinski definition) is 3. The van der Waals surface area contributed by atoms with Gasteiger partial charge in [0.15, 0.2) is 0 Å². The normalized spacial score (nSPS) is 14.8. The molecule has 0 N–H and O–H groups in total. The van der Waals surface area contributed by atoms with Crippen LogP contribution in [0.2, 0.25) is 0 Å². The number of nitrogens with zero attached hydrogens (tertiary/aromatic N) is 2. The maximum absolute atomic E-state index is 13.9. The molecular weight excluding hydrogens is 295 g/mol. The Bertz CT molecular complexity index is 761. The van der Waals surface area contributed by atoms with Crippen molar-refractivity contribution in [2.75, 3.05) is 0 Å². The Hall–Kier alpha value is -1.78. The van der Waals surface area contributed by atoms with Crippen molar-refractivity contribution >= 4 is 21.6 Å². The van der Waals surface area contributed by atoms with Gasteiger partial charge in [-0.05, 0) is 31.0 Å². The first-order valence-corrected chi connectivity index (χ1v) is 8.43. The fourth-order valence-corrected chi connectivity index (χ4v) is 3.75. The number of fused-ring (bicyclic) bond motifs is 1. The highest BCUT2D eigenvalue weighted by atomic mass is 32.1. The SMILES string of the molecule is Fc1ccccc1CN(Cc1nc2ccccc2s1)C1CC1. The van der Waals surface area contributed by atoms with Crippen LogP contribution in [0.1, 0.15) is 23.4 Å². The van der Waals surface area contributed by atoms with E-state index in [1.54, 1.807) is 17.4 Å². The van der Waals surface area contributed by atoms with Gasteiger partial charge in [0.2, 0.25) is 0 Å². The number of thiazole rings is 1. The summed E-state index contributed by atoms with van der Waals surface area (Å²) in [4.78, 5) is 7.07. The fourth-order valence-electron chi connectivity index (χ4n) is 2.76. The van der Waals surface area contributed by atoms with Crippen molar-refractivity contribution in [2.45, 2.75) is 32.0 Å². The van der Waals surface area contributed by atoms with Crippen molar-refractivity contribution in [3.8, 4) is 0 Å². The van der Waals surface area contributed by atoms with E-state index in [0.29, 0.717) is 12.6 Å². The van der Waals surface area contributed by atoms with Gasteiger partial charge in [-0.3, -0.25) is 4.90 Å². The molecule has 0 aliphatic heterocycles. The van der Waals surface area contributed by atoms with Crippen molar-refractivity contribution < 1.29 is 4.39 Å². The molecule has 1 aliphatic rings. The Balaban J connectivity index is 1.56. The van der Waals surface area contributed by atoms with Gasteiger partial charge >= 0.3 is 0 Å². The van der Waals surface area contributed by atoms with Gasteiger partial charge in [0, 0.05) is 18.2 Å². The molecule has 4 rings (SSSR count). The zero-order valence-corrected chi connectivity index (χ0v) is 13.0. The average molecular weight is 312 g/mol. The summed E-state index contributed by atoms with van der Waals surface area (Å²) in [6.45, 7) is 1.46. The van der Waals surface area contributed by atoms with E-state index in [9.17, 15) is 4.39 Å². The lowest BCUT2D eigenvalue weighted by Crippen LogP contribution is -2.25. The number of hydrogen-bond donors (Lipinski definition) is 0. The number of benzene rings is 2. The first-order valence-electron chi connectivity index (χ1n) is 7.61. The van der Waals surface area contributed by atoms with E-state index in [4.69, 9.17) is 4.98 Å². The first-order chi connectivity index (χ1) is 10.8. The van der Waals surface area contributed by atoms with E-state index in [2.05, 4.69) is 11.0 Å². The van der Waals surface area contributed by atoms with Crippen LogP contribution in [0.5, 0.6) is 0 Å². The van der Waals surface area contributed by atoms with Crippen LogP contribution in [-0.4, -0.2) is 15.9 Å². The maximum Gasteiger partial charge on any atom is 0.127 e. The van der Waals surface area contributed by atoms with E-state index in [-0.39, 0.29) is 5.82 Å². The van der Waals surface area contributed by atoms with E-state index >= 15 is 0 Å². The molecule has 2 nitrogen and oxygen atoms in total. The van der Waals surface area contributed by atoms with Crippen molar-refractivity contribution in [2.24, 2.45) is 0 Å². The molecule has 1 aliphatic carbocycles. The highest BCUT2D eigenvalue weighted by molar-refractivity contribution is 7.18. The third kappa shape index (κ3) is 2.89. The predicted octanol–water partition coefficient (Wildman–Crippen LogP) is 4.60. The molecule has 0 unspecified atom stereocenters. The number of halogens is 1. The van der Waals surface area contributed by atoms with Crippen LogP contribution in [-0.2, 0) is 13.1 Å². The van der Waals surface area contributed by atoms with Crippen molar-refractivity contribution in [3.05, 3.63) is 64.9 Å². The lowest BCUT2D eigenvalue weighted by molar-refractivity contribution is 0.242. The van der Waals surface area contributed by atoms with Crippen LogP contribution in [0.3, 0.4) is 0 Å². The minimum absolute atomic E-state index is 0.113. The molecular formula is C18H17FN2S. The topological polar surface area (TPSA) is 16.1 Å². The van der Waals surface area contributed by atoms with Gasteiger partial charge in [-0.15, -0.1) is 11.3 Å². The lowest BCUT2D eigenvalue weighted by atomic mass is 10.2. The fraction of sp³-hybridized carbons (Fsp3) is 0.278. The Morgan fingerprint density at radius 1 is 1.05 bits per heavy atom. The highest BCUT2D eigenvalue weighted by Gasteiger charge is 2.30. The van der Waals surface area contributed by atoms with E-state index in [1.165, 1.54) is 23.6 Å². The second-order valence-electron chi connectivity index (χ2n) is 5.80. The Labute approximate surface area is 133 Å². The van der Waals surface area contributed by atoms with Gasteiger partial charge in [0.05, 0.1) is 16.8 Å². The molecule has 0 atom stereocenters. The molecule has 0 amide bonds. The van der Waals surface area contributed by atoms with Gasteiger partial charge in [-0.1, -0.05) is 30.3 Å². The summed E-state index contributed by atoms with van der Waals surface area (Å²) in [5.74, 6) is -0.113. The molecule has 1 saturated carbocycles. The molecule has 0 radical (unpaired) electrons. The second-order valence-corrected chi connectivity index (χ2v) is 6.92. The third-order valence-electron chi connectivity index (χ3n) is 4.07. The molecule has 2 aromatic carbocycles. The molecule has 4 heteroatoms. The van der Waals surface area contributed by atoms with E-state index < -0.39 is 0 Å². The largest absolute Gasteiger partial charge is 0.289 e. The molecule has 1 heterocycles. The van der Waals surface area contributed by atoms with E-state index in [1.807, 2.05) is 30.3 Å². The number of aromatic nitrogens is 1. The second kappa shape index (κ2) is 5.78. The quantitative estimate of drug-likeness (QED) is 0.684. The number of rotatable bonds is 5. The minimum atomic E-state index is -0.113. The van der Waals surface area contributed by atoms with Gasteiger partial charge < -0.3 is 0 Å². The summed E-state index contributed by atoms with van der Waals surface area (Å²) in [6.07, 6.45) is 2.42. The summed E-state index contributed by atoms with van der Waals surface area (Å²) < 4.78 is 15.1. The van der Waals surface area contributed by atoms with Crippen LogP contribution in [0.4, 0.5) is 4.39 Å². The molecule has 0 spiro atoms. The summed E-state index contributed by atoms with van der Waals surface area (Å²) >= 11 is 1.74. The van der Waals surface area contributed by atoms with Crippen LogP contribution in [0.15, 0.2) is 48.5 Å². The van der Waals surface area contributed by atoms with Crippen molar-refractivity contribution in [3.63, 3.8) is 0 Å². The van der Waals surface area contributed by atoms with Gasteiger partial charge in [-0.25, -0.2) is 9.37 Å². The lowest BCUT2D eigenvalue weighted by Gasteiger charge is -2.21. The minimum Gasteiger partial charge on any atom is -0.289 e. The molecule has 3 aromatic rings. The van der Waals surface area contributed by atoms with Crippen molar-refractivity contribution in [1.82, 2.24) is 9.88 Å². The Kier molecular flexibility index (Phi) is 3.64. The van der Waals surface area contributed by atoms with Gasteiger partial charge in [0.1, 0.15) is 10.8 Å². The summed E-state index contributed by atoms with van der Waals surface area (Å²) in [5.41, 5.74) is 1.83. The molecule has 112 valence electrons. The monoisotopic (exact) mass is 312 g/mol.